The number of benzene rings is 1. The highest BCUT2D eigenvalue weighted by Crippen LogP contribution is 2.17. The van der Waals surface area contributed by atoms with Gasteiger partial charge in [-0.15, -0.1) is 0 Å². The van der Waals surface area contributed by atoms with Crippen LogP contribution in [-0.4, -0.2) is 12.1 Å². The van der Waals surface area contributed by atoms with Gasteiger partial charge in [0.05, 0.1) is 11.5 Å². The molecule has 0 aromatic heterocycles. The molecule has 17 heavy (non-hydrogen) atoms. The lowest BCUT2D eigenvalue weighted by Crippen LogP contribution is -2.27. The summed E-state index contributed by atoms with van der Waals surface area (Å²) in [4.78, 5) is 11.7. The average Bonchev–Trinajstić information content (AvgIpc) is 2.26. The van der Waals surface area contributed by atoms with E-state index in [-0.39, 0.29) is 12.1 Å². The predicted molar refractivity (Wildman–Crippen MR) is 69.8 cm³/mol. The molecule has 1 aromatic carbocycles. The van der Waals surface area contributed by atoms with Crippen LogP contribution in [0, 0.1) is 5.41 Å². The molecule has 0 heterocycles. The van der Waals surface area contributed by atoms with Crippen molar-refractivity contribution in [1.82, 2.24) is 0 Å². The second kappa shape index (κ2) is 5.85. The normalized spacial score (nSPS) is 13.2. The van der Waals surface area contributed by atoms with Crippen LogP contribution in [0.5, 0.6) is 0 Å². The van der Waals surface area contributed by atoms with Gasteiger partial charge < -0.3 is 4.74 Å². The minimum Gasteiger partial charge on any atom is -0.462 e. The van der Waals surface area contributed by atoms with Crippen LogP contribution in [0.1, 0.15) is 39.7 Å². The Labute approximate surface area is 104 Å². The highest BCUT2D eigenvalue weighted by Gasteiger charge is 2.24. The molecule has 1 rings (SSSR count). The minimum atomic E-state index is -0.416. The standard InChI is InChI=1S/C15H22O2/c1-12(17-14(16)15(2,3)4)10-11-13-8-6-5-7-9-13/h5-9,12H,10-11H2,1-4H3. The smallest absolute Gasteiger partial charge is 0.311 e. The van der Waals surface area contributed by atoms with Crippen molar-refractivity contribution in [2.45, 2.75) is 46.6 Å². The van der Waals surface area contributed by atoms with Gasteiger partial charge in [0.1, 0.15) is 0 Å². The summed E-state index contributed by atoms with van der Waals surface area (Å²) in [6.45, 7) is 7.57. The molecule has 0 saturated heterocycles. The second-order valence-corrected chi connectivity index (χ2v) is 5.49. The lowest BCUT2D eigenvalue weighted by atomic mass is 9.97. The van der Waals surface area contributed by atoms with Gasteiger partial charge in [0.25, 0.3) is 0 Å². The lowest BCUT2D eigenvalue weighted by Gasteiger charge is -2.20. The molecule has 94 valence electrons. The Morgan fingerprint density at radius 2 is 1.82 bits per heavy atom. The molecule has 2 heteroatoms. The minimum absolute atomic E-state index is 0.0260. The molecule has 0 bridgehead atoms. The van der Waals surface area contributed by atoms with Gasteiger partial charge in [-0.25, -0.2) is 0 Å². The third kappa shape index (κ3) is 5.03. The van der Waals surface area contributed by atoms with E-state index >= 15 is 0 Å². The van der Waals surface area contributed by atoms with Crippen LogP contribution in [0.3, 0.4) is 0 Å². The first kappa shape index (κ1) is 13.8. The van der Waals surface area contributed by atoms with Crippen molar-refractivity contribution in [3.8, 4) is 0 Å². The van der Waals surface area contributed by atoms with E-state index in [0.29, 0.717) is 0 Å². The summed E-state index contributed by atoms with van der Waals surface area (Å²) in [7, 11) is 0. The molecular formula is C15H22O2. The Hall–Kier alpha value is -1.31. The van der Waals surface area contributed by atoms with Gasteiger partial charge in [0.2, 0.25) is 0 Å². The van der Waals surface area contributed by atoms with E-state index in [9.17, 15) is 4.79 Å². The molecule has 0 N–H and O–H groups in total. The third-order valence-corrected chi connectivity index (χ3v) is 2.60. The van der Waals surface area contributed by atoms with Crippen LogP contribution < -0.4 is 0 Å². The van der Waals surface area contributed by atoms with Gasteiger partial charge in [-0.2, -0.15) is 0 Å². The van der Waals surface area contributed by atoms with Gasteiger partial charge >= 0.3 is 5.97 Å². The van der Waals surface area contributed by atoms with E-state index in [0.717, 1.165) is 12.8 Å². The maximum absolute atomic E-state index is 11.7. The molecule has 0 aliphatic carbocycles. The summed E-state index contributed by atoms with van der Waals surface area (Å²) in [5, 5.41) is 0. The van der Waals surface area contributed by atoms with Crippen molar-refractivity contribution < 1.29 is 9.53 Å². The molecule has 0 spiro atoms. The zero-order valence-corrected chi connectivity index (χ0v) is 11.2. The molecule has 0 radical (unpaired) electrons. The molecule has 0 amide bonds. The quantitative estimate of drug-likeness (QED) is 0.744. The highest BCUT2D eigenvalue weighted by atomic mass is 16.5. The maximum atomic E-state index is 11.7. The fraction of sp³-hybridized carbons (Fsp3) is 0.533. The SMILES string of the molecule is CC(CCc1ccccc1)OC(=O)C(C)(C)C. The fourth-order valence-corrected chi connectivity index (χ4v) is 1.43. The number of ether oxygens (including phenoxy) is 1. The Morgan fingerprint density at radius 3 is 2.35 bits per heavy atom. The second-order valence-electron chi connectivity index (χ2n) is 5.49. The number of hydrogen-bond donors (Lipinski definition) is 0. The first-order valence-corrected chi connectivity index (χ1v) is 6.14. The molecule has 1 aromatic rings. The third-order valence-electron chi connectivity index (χ3n) is 2.60. The van der Waals surface area contributed by atoms with E-state index < -0.39 is 5.41 Å². The van der Waals surface area contributed by atoms with Crippen LogP contribution in [0.4, 0.5) is 0 Å². The van der Waals surface area contributed by atoms with Crippen molar-refractivity contribution in [1.29, 1.82) is 0 Å². The number of carbonyl (C=O) groups excluding carboxylic acids is 1. The summed E-state index contributed by atoms with van der Waals surface area (Å²) < 4.78 is 5.40. The molecular weight excluding hydrogens is 212 g/mol. The number of hydrogen-bond acceptors (Lipinski definition) is 2. The predicted octanol–water partition coefficient (Wildman–Crippen LogP) is 3.60. The number of esters is 1. The summed E-state index contributed by atoms with van der Waals surface area (Å²) in [6.07, 6.45) is 1.78. The Morgan fingerprint density at radius 1 is 1.24 bits per heavy atom. The van der Waals surface area contributed by atoms with Gasteiger partial charge in [-0.3, -0.25) is 4.79 Å². The average molecular weight is 234 g/mol. The zero-order valence-electron chi connectivity index (χ0n) is 11.2. The Balaban J connectivity index is 2.36. The van der Waals surface area contributed by atoms with Gasteiger partial charge in [-0.05, 0) is 46.1 Å². The van der Waals surface area contributed by atoms with Crippen LogP contribution in [-0.2, 0) is 16.0 Å². The molecule has 0 fully saturated rings. The van der Waals surface area contributed by atoms with Crippen molar-refractivity contribution in [2.75, 3.05) is 0 Å². The molecule has 0 aliphatic heterocycles. The molecule has 1 unspecified atom stereocenters. The largest absolute Gasteiger partial charge is 0.462 e. The van der Waals surface area contributed by atoms with E-state index in [4.69, 9.17) is 4.74 Å². The van der Waals surface area contributed by atoms with Crippen LogP contribution in [0.25, 0.3) is 0 Å². The summed E-state index contributed by atoms with van der Waals surface area (Å²) in [5.41, 5.74) is 0.868. The fourth-order valence-electron chi connectivity index (χ4n) is 1.43. The van der Waals surface area contributed by atoms with Gasteiger partial charge in [0, 0.05) is 0 Å². The number of aryl methyl sites for hydroxylation is 1. The summed E-state index contributed by atoms with van der Waals surface area (Å²) in [6, 6.07) is 10.3. The van der Waals surface area contributed by atoms with Crippen molar-refractivity contribution in [3.05, 3.63) is 35.9 Å². The van der Waals surface area contributed by atoms with E-state index in [1.807, 2.05) is 45.9 Å². The van der Waals surface area contributed by atoms with Crippen LogP contribution in [0.2, 0.25) is 0 Å². The number of carbonyl (C=O) groups is 1. The lowest BCUT2D eigenvalue weighted by molar-refractivity contribution is -0.158. The Kier molecular flexibility index (Phi) is 4.73. The zero-order chi connectivity index (χ0) is 12.9. The molecule has 0 saturated carbocycles. The van der Waals surface area contributed by atoms with Gasteiger partial charge in [-0.1, -0.05) is 30.3 Å². The molecule has 0 aliphatic rings. The van der Waals surface area contributed by atoms with Crippen LogP contribution in [0.15, 0.2) is 30.3 Å². The van der Waals surface area contributed by atoms with Crippen LogP contribution >= 0.6 is 0 Å². The van der Waals surface area contributed by atoms with E-state index in [2.05, 4.69) is 12.1 Å². The Bertz CT molecular complexity index is 349. The summed E-state index contributed by atoms with van der Waals surface area (Å²) >= 11 is 0. The van der Waals surface area contributed by atoms with Crippen molar-refractivity contribution >= 4 is 5.97 Å². The monoisotopic (exact) mass is 234 g/mol. The first-order valence-electron chi connectivity index (χ1n) is 6.14. The molecule has 2 nitrogen and oxygen atoms in total. The first-order chi connectivity index (χ1) is 7.89. The highest BCUT2D eigenvalue weighted by molar-refractivity contribution is 5.75. The topological polar surface area (TPSA) is 26.3 Å². The van der Waals surface area contributed by atoms with Gasteiger partial charge in [0.15, 0.2) is 0 Å². The summed E-state index contributed by atoms with van der Waals surface area (Å²) in [5.74, 6) is -0.127. The maximum Gasteiger partial charge on any atom is 0.311 e. The van der Waals surface area contributed by atoms with Crippen molar-refractivity contribution in [2.24, 2.45) is 5.41 Å². The molecule has 1 atom stereocenters. The number of rotatable bonds is 4. The van der Waals surface area contributed by atoms with E-state index in [1.54, 1.807) is 0 Å². The van der Waals surface area contributed by atoms with E-state index in [1.165, 1.54) is 5.56 Å². The van der Waals surface area contributed by atoms with Crippen molar-refractivity contribution in [3.63, 3.8) is 0 Å².